The van der Waals surface area contributed by atoms with E-state index in [2.05, 4.69) is 60.6 Å². The molecule has 0 saturated heterocycles. The predicted octanol–water partition coefficient (Wildman–Crippen LogP) is 3.27. The van der Waals surface area contributed by atoms with Crippen LogP contribution in [0.4, 0.5) is 0 Å². The molecule has 0 bridgehead atoms. The second-order valence-electron chi connectivity index (χ2n) is 5.02. The third kappa shape index (κ3) is 3.90. The Morgan fingerprint density at radius 3 is 2.53 bits per heavy atom. The number of likely N-dealkylation sites (N-methyl/N-ethyl adjacent to an activating group) is 1. The summed E-state index contributed by atoms with van der Waals surface area (Å²) in [4.78, 5) is 3.85. The fourth-order valence-corrected chi connectivity index (χ4v) is 3.04. The second-order valence-corrected chi connectivity index (χ2v) is 6.05. The smallest absolute Gasteiger partial charge is 0.0236 e. The molecule has 2 nitrogen and oxygen atoms in total. The van der Waals surface area contributed by atoms with Crippen molar-refractivity contribution in [1.82, 2.24) is 4.90 Å². The Labute approximate surface area is 119 Å². The number of nitrogens with zero attached hydrogens (tertiary/aromatic N) is 1. The Balaban J connectivity index is 1.98. The van der Waals surface area contributed by atoms with Gasteiger partial charge in [0.2, 0.25) is 0 Å². The molecular formula is C16H22N2S. The van der Waals surface area contributed by atoms with Gasteiger partial charge in [-0.25, -0.2) is 0 Å². The summed E-state index contributed by atoms with van der Waals surface area (Å²) in [6, 6.07) is 13.3. The minimum Gasteiger partial charge on any atom is -0.326 e. The highest BCUT2D eigenvalue weighted by molar-refractivity contribution is 7.09. The van der Waals surface area contributed by atoms with Crippen LogP contribution in [0.5, 0.6) is 0 Å². The molecule has 0 aliphatic rings. The number of hydrogen-bond donors (Lipinski definition) is 1. The molecule has 1 unspecified atom stereocenters. The molecule has 1 aromatic heterocycles. The Kier molecular flexibility index (Phi) is 5.14. The Morgan fingerprint density at radius 2 is 1.89 bits per heavy atom. The Morgan fingerprint density at radius 1 is 1.16 bits per heavy atom. The number of nitrogens with two attached hydrogens (primary N) is 1. The van der Waals surface area contributed by atoms with E-state index in [1.165, 1.54) is 16.0 Å². The van der Waals surface area contributed by atoms with Crippen LogP contribution in [-0.4, -0.2) is 18.0 Å². The van der Waals surface area contributed by atoms with Crippen LogP contribution >= 0.6 is 11.3 Å². The summed E-state index contributed by atoms with van der Waals surface area (Å²) < 4.78 is 0. The lowest BCUT2D eigenvalue weighted by molar-refractivity contribution is 0.248. The summed E-state index contributed by atoms with van der Waals surface area (Å²) in [7, 11) is 2.19. The molecule has 0 spiro atoms. The van der Waals surface area contributed by atoms with Gasteiger partial charge < -0.3 is 5.73 Å². The first-order valence-corrected chi connectivity index (χ1v) is 7.58. The minimum atomic E-state index is 0.532. The molecule has 1 aromatic carbocycles. The maximum Gasteiger partial charge on any atom is 0.0236 e. The van der Waals surface area contributed by atoms with E-state index in [4.69, 9.17) is 5.73 Å². The third-order valence-corrected chi connectivity index (χ3v) is 4.49. The molecule has 0 aliphatic carbocycles. The molecule has 0 fully saturated rings. The third-order valence-electron chi connectivity index (χ3n) is 3.59. The monoisotopic (exact) mass is 274 g/mol. The van der Waals surface area contributed by atoms with Crippen LogP contribution in [0.3, 0.4) is 0 Å². The second kappa shape index (κ2) is 6.85. The predicted molar refractivity (Wildman–Crippen MR) is 83.3 cm³/mol. The van der Waals surface area contributed by atoms with E-state index in [-0.39, 0.29) is 0 Å². The zero-order valence-electron chi connectivity index (χ0n) is 11.7. The van der Waals surface area contributed by atoms with Crippen LogP contribution in [0.15, 0.2) is 41.8 Å². The maximum absolute atomic E-state index is 5.80. The van der Waals surface area contributed by atoms with Gasteiger partial charge in [0.05, 0.1) is 0 Å². The van der Waals surface area contributed by atoms with Crippen LogP contribution < -0.4 is 5.73 Å². The maximum atomic E-state index is 5.80. The SMILES string of the molecule is CC(Cc1cccs1)N(C)Cc1ccccc1CN. The van der Waals surface area contributed by atoms with Gasteiger partial charge in [-0.05, 0) is 43.0 Å². The lowest BCUT2D eigenvalue weighted by Gasteiger charge is -2.25. The largest absolute Gasteiger partial charge is 0.326 e. The summed E-state index contributed by atoms with van der Waals surface area (Å²) in [6.45, 7) is 3.86. The van der Waals surface area contributed by atoms with Crippen molar-refractivity contribution in [3.8, 4) is 0 Å². The van der Waals surface area contributed by atoms with Gasteiger partial charge in [0.25, 0.3) is 0 Å². The number of benzene rings is 1. The van der Waals surface area contributed by atoms with Gasteiger partial charge in [-0.15, -0.1) is 11.3 Å². The highest BCUT2D eigenvalue weighted by atomic mass is 32.1. The first-order chi connectivity index (χ1) is 9.20. The summed E-state index contributed by atoms with van der Waals surface area (Å²) >= 11 is 1.84. The van der Waals surface area contributed by atoms with Gasteiger partial charge in [0, 0.05) is 24.0 Å². The summed E-state index contributed by atoms with van der Waals surface area (Å²) in [5.74, 6) is 0. The van der Waals surface area contributed by atoms with E-state index in [0.717, 1.165) is 13.0 Å². The number of hydrogen-bond acceptors (Lipinski definition) is 3. The molecular weight excluding hydrogens is 252 g/mol. The molecule has 2 rings (SSSR count). The van der Waals surface area contributed by atoms with Crippen molar-refractivity contribution < 1.29 is 0 Å². The Hall–Kier alpha value is -1.16. The van der Waals surface area contributed by atoms with Gasteiger partial charge in [-0.3, -0.25) is 4.90 Å². The van der Waals surface area contributed by atoms with E-state index in [9.17, 15) is 0 Å². The van der Waals surface area contributed by atoms with Crippen molar-refractivity contribution in [2.24, 2.45) is 5.73 Å². The Bertz CT molecular complexity index is 493. The van der Waals surface area contributed by atoms with Gasteiger partial charge in [-0.1, -0.05) is 30.3 Å². The van der Waals surface area contributed by atoms with Gasteiger partial charge in [0.15, 0.2) is 0 Å². The molecule has 0 amide bonds. The first kappa shape index (κ1) is 14.3. The van der Waals surface area contributed by atoms with Crippen LogP contribution in [0.1, 0.15) is 22.9 Å². The van der Waals surface area contributed by atoms with Crippen LogP contribution in [-0.2, 0) is 19.5 Å². The number of thiophene rings is 1. The normalized spacial score (nSPS) is 12.8. The minimum absolute atomic E-state index is 0.532. The molecule has 19 heavy (non-hydrogen) atoms. The van der Waals surface area contributed by atoms with E-state index < -0.39 is 0 Å². The van der Waals surface area contributed by atoms with Crippen molar-refractivity contribution in [2.75, 3.05) is 7.05 Å². The van der Waals surface area contributed by atoms with Gasteiger partial charge in [-0.2, -0.15) is 0 Å². The standard InChI is InChI=1S/C16H22N2S/c1-13(10-16-8-5-9-19-16)18(2)12-15-7-4-3-6-14(15)11-17/h3-9,13H,10-12,17H2,1-2H3. The zero-order chi connectivity index (χ0) is 13.7. The number of rotatable bonds is 6. The van der Waals surface area contributed by atoms with Crippen molar-refractivity contribution >= 4 is 11.3 Å². The molecule has 1 atom stereocenters. The van der Waals surface area contributed by atoms with Gasteiger partial charge >= 0.3 is 0 Å². The fraction of sp³-hybridized carbons (Fsp3) is 0.375. The molecule has 0 aliphatic heterocycles. The molecule has 0 saturated carbocycles. The first-order valence-electron chi connectivity index (χ1n) is 6.70. The van der Waals surface area contributed by atoms with Crippen LogP contribution in [0, 0.1) is 0 Å². The molecule has 2 aromatic rings. The van der Waals surface area contributed by atoms with Gasteiger partial charge in [0.1, 0.15) is 0 Å². The van der Waals surface area contributed by atoms with E-state index in [1.807, 2.05) is 11.3 Å². The average molecular weight is 274 g/mol. The van der Waals surface area contributed by atoms with E-state index >= 15 is 0 Å². The van der Waals surface area contributed by atoms with Crippen molar-refractivity contribution in [3.05, 3.63) is 57.8 Å². The van der Waals surface area contributed by atoms with Crippen molar-refractivity contribution in [3.63, 3.8) is 0 Å². The molecule has 2 N–H and O–H groups in total. The fourth-order valence-electron chi connectivity index (χ4n) is 2.21. The highest BCUT2D eigenvalue weighted by Crippen LogP contribution is 2.16. The average Bonchev–Trinajstić information content (AvgIpc) is 2.92. The van der Waals surface area contributed by atoms with Crippen LogP contribution in [0.25, 0.3) is 0 Å². The topological polar surface area (TPSA) is 29.3 Å². The lowest BCUT2D eigenvalue weighted by atomic mass is 10.1. The van der Waals surface area contributed by atoms with Crippen LogP contribution in [0.2, 0.25) is 0 Å². The zero-order valence-corrected chi connectivity index (χ0v) is 12.5. The van der Waals surface area contributed by atoms with E-state index in [0.29, 0.717) is 12.6 Å². The van der Waals surface area contributed by atoms with Crippen molar-refractivity contribution in [1.29, 1.82) is 0 Å². The molecule has 1 heterocycles. The quantitative estimate of drug-likeness (QED) is 0.876. The van der Waals surface area contributed by atoms with E-state index in [1.54, 1.807) is 0 Å². The molecule has 0 radical (unpaired) electrons. The summed E-state index contributed by atoms with van der Waals surface area (Å²) in [6.07, 6.45) is 1.11. The summed E-state index contributed by atoms with van der Waals surface area (Å²) in [5, 5.41) is 2.14. The lowest BCUT2D eigenvalue weighted by Crippen LogP contribution is -2.30. The highest BCUT2D eigenvalue weighted by Gasteiger charge is 2.12. The van der Waals surface area contributed by atoms with Crippen molar-refractivity contribution in [2.45, 2.75) is 32.5 Å². The molecule has 3 heteroatoms. The summed E-state index contributed by atoms with van der Waals surface area (Å²) in [5.41, 5.74) is 8.38. The molecule has 102 valence electrons.